The Bertz CT molecular complexity index is 272. The van der Waals surface area contributed by atoms with Gasteiger partial charge in [0, 0.05) is 24.7 Å². The summed E-state index contributed by atoms with van der Waals surface area (Å²) in [5.41, 5.74) is 1.16. The molecule has 52 valence electrons. The summed E-state index contributed by atoms with van der Waals surface area (Å²) in [6, 6.07) is 0. The van der Waals surface area contributed by atoms with Crippen molar-refractivity contribution in [1.82, 2.24) is 9.78 Å². The van der Waals surface area contributed by atoms with Crippen LogP contribution in [0.3, 0.4) is 0 Å². The smallest absolute Gasteiger partial charge is 0.152 e. The van der Waals surface area contributed by atoms with Crippen LogP contribution in [0.15, 0.2) is 11.2 Å². The second kappa shape index (κ2) is 1.94. The highest BCUT2D eigenvalue weighted by Gasteiger charge is 2.07. The summed E-state index contributed by atoms with van der Waals surface area (Å²) in [6.07, 6.45) is 4.82. The van der Waals surface area contributed by atoms with Gasteiger partial charge in [-0.3, -0.25) is 0 Å². The Morgan fingerprint density at radius 1 is 1.60 bits per heavy atom. The number of fused-ring (bicyclic) bond motifs is 1. The van der Waals surface area contributed by atoms with Gasteiger partial charge in [0.1, 0.15) is 0 Å². The minimum absolute atomic E-state index is 0.979. The molecule has 0 atom stereocenters. The van der Waals surface area contributed by atoms with E-state index in [0.717, 1.165) is 24.3 Å². The molecule has 1 aromatic rings. The second-order valence-corrected chi connectivity index (χ2v) is 2.47. The number of hydrogen-bond acceptors (Lipinski definition) is 2. The van der Waals surface area contributed by atoms with Crippen molar-refractivity contribution in [3.05, 3.63) is 11.8 Å². The Labute approximate surface area is 59.4 Å². The van der Waals surface area contributed by atoms with Crippen LogP contribution in [0.2, 0.25) is 0 Å². The molecular formula is C7H9N3. The molecule has 0 aliphatic carbocycles. The summed E-state index contributed by atoms with van der Waals surface area (Å²) < 4.78 is 1.94. The first-order valence-corrected chi connectivity index (χ1v) is 3.43. The van der Waals surface area contributed by atoms with E-state index in [1.807, 2.05) is 24.0 Å². The van der Waals surface area contributed by atoms with Gasteiger partial charge in [0.15, 0.2) is 5.82 Å². The third-order valence-electron chi connectivity index (χ3n) is 1.67. The van der Waals surface area contributed by atoms with Gasteiger partial charge in [-0.1, -0.05) is 0 Å². The lowest BCUT2D eigenvalue weighted by molar-refractivity contribution is 0.630. The van der Waals surface area contributed by atoms with Crippen LogP contribution < -0.4 is 0 Å². The summed E-state index contributed by atoms with van der Waals surface area (Å²) in [6.45, 7) is 3.01. The highest BCUT2D eigenvalue weighted by atomic mass is 15.3. The lowest BCUT2D eigenvalue weighted by atomic mass is 10.3. The van der Waals surface area contributed by atoms with Crippen molar-refractivity contribution >= 4 is 12.0 Å². The van der Waals surface area contributed by atoms with Crippen LogP contribution in [0.1, 0.15) is 12.0 Å². The molecule has 0 spiro atoms. The summed E-state index contributed by atoms with van der Waals surface area (Å²) in [5.74, 6) is 1.02. The normalized spacial score (nSPS) is 15.3. The van der Waals surface area contributed by atoms with Gasteiger partial charge in [-0.15, -0.1) is 0 Å². The number of aromatic nitrogens is 2. The van der Waals surface area contributed by atoms with Crippen molar-refractivity contribution in [1.29, 1.82) is 0 Å². The summed E-state index contributed by atoms with van der Waals surface area (Å²) in [4.78, 5) is 4.23. The molecule has 3 nitrogen and oxygen atoms in total. The molecule has 0 bridgehead atoms. The van der Waals surface area contributed by atoms with E-state index in [1.54, 1.807) is 0 Å². The van der Waals surface area contributed by atoms with E-state index < -0.39 is 0 Å². The first kappa shape index (κ1) is 5.65. The first-order valence-electron chi connectivity index (χ1n) is 3.43. The Kier molecular flexibility index (Phi) is 1.09. The van der Waals surface area contributed by atoms with Gasteiger partial charge in [0.2, 0.25) is 0 Å². The predicted molar refractivity (Wildman–Crippen MR) is 39.7 cm³/mol. The lowest BCUT2D eigenvalue weighted by Crippen LogP contribution is -2.03. The fraction of sp³-hybridized carbons (Fsp3) is 0.429. The van der Waals surface area contributed by atoms with Gasteiger partial charge in [-0.05, 0) is 6.92 Å². The van der Waals surface area contributed by atoms with Crippen LogP contribution in [-0.2, 0) is 6.54 Å². The SMILES string of the molecule is Cc1cnn2c1N=CCC2. The number of hydrogen-bond donors (Lipinski definition) is 0. The molecule has 1 aliphatic rings. The molecule has 0 radical (unpaired) electrons. The minimum Gasteiger partial charge on any atom is -0.247 e. The standard InChI is InChI=1S/C7H9N3/c1-6-5-9-10-4-2-3-8-7(6)10/h3,5H,2,4H2,1H3. The lowest BCUT2D eigenvalue weighted by Gasteiger charge is -2.06. The molecule has 1 aromatic heterocycles. The molecule has 0 amide bonds. The number of rotatable bonds is 0. The van der Waals surface area contributed by atoms with Gasteiger partial charge in [-0.25, -0.2) is 9.67 Å². The van der Waals surface area contributed by atoms with E-state index in [2.05, 4.69) is 10.1 Å². The minimum atomic E-state index is 0.979. The predicted octanol–water partition coefficient (Wildman–Crippen LogP) is 1.30. The van der Waals surface area contributed by atoms with Crippen LogP contribution in [0, 0.1) is 6.92 Å². The summed E-state index contributed by atoms with van der Waals surface area (Å²) >= 11 is 0. The zero-order valence-electron chi connectivity index (χ0n) is 5.91. The average molecular weight is 135 g/mol. The molecule has 1 aliphatic heterocycles. The molecule has 0 unspecified atom stereocenters. The van der Waals surface area contributed by atoms with Crippen molar-refractivity contribution in [2.24, 2.45) is 4.99 Å². The molecule has 0 aromatic carbocycles. The Morgan fingerprint density at radius 2 is 2.50 bits per heavy atom. The molecule has 0 saturated carbocycles. The van der Waals surface area contributed by atoms with Crippen molar-refractivity contribution in [2.75, 3.05) is 0 Å². The van der Waals surface area contributed by atoms with E-state index in [-0.39, 0.29) is 0 Å². The van der Waals surface area contributed by atoms with E-state index in [4.69, 9.17) is 0 Å². The van der Waals surface area contributed by atoms with E-state index in [9.17, 15) is 0 Å². The van der Waals surface area contributed by atoms with Gasteiger partial charge in [0.25, 0.3) is 0 Å². The molecule has 0 saturated heterocycles. The maximum atomic E-state index is 4.23. The molecule has 0 fully saturated rings. The highest BCUT2D eigenvalue weighted by molar-refractivity contribution is 5.64. The van der Waals surface area contributed by atoms with Crippen molar-refractivity contribution < 1.29 is 0 Å². The molecule has 2 heterocycles. The Balaban J connectivity index is 2.57. The fourth-order valence-electron chi connectivity index (χ4n) is 1.14. The maximum absolute atomic E-state index is 4.23. The van der Waals surface area contributed by atoms with Gasteiger partial charge in [-0.2, -0.15) is 5.10 Å². The quantitative estimate of drug-likeness (QED) is 0.527. The monoisotopic (exact) mass is 135 g/mol. The first-order chi connectivity index (χ1) is 4.88. The van der Waals surface area contributed by atoms with Crippen LogP contribution in [0.25, 0.3) is 0 Å². The zero-order valence-corrected chi connectivity index (χ0v) is 5.91. The number of aryl methyl sites for hydroxylation is 2. The summed E-state index contributed by atoms with van der Waals surface area (Å²) in [5, 5.41) is 4.16. The average Bonchev–Trinajstić information content (AvgIpc) is 2.34. The number of nitrogens with zero attached hydrogens (tertiary/aromatic N) is 3. The van der Waals surface area contributed by atoms with Crippen molar-refractivity contribution in [3.63, 3.8) is 0 Å². The van der Waals surface area contributed by atoms with Gasteiger partial charge >= 0.3 is 0 Å². The van der Waals surface area contributed by atoms with Crippen LogP contribution >= 0.6 is 0 Å². The van der Waals surface area contributed by atoms with E-state index in [1.165, 1.54) is 0 Å². The van der Waals surface area contributed by atoms with E-state index >= 15 is 0 Å². The third kappa shape index (κ3) is 0.667. The molecular weight excluding hydrogens is 126 g/mol. The van der Waals surface area contributed by atoms with E-state index in [0.29, 0.717) is 0 Å². The zero-order chi connectivity index (χ0) is 6.97. The highest BCUT2D eigenvalue weighted by Crippen LogP contribution is 2.19. The Hall–Kier alpha value is -1.12. The van der Waals surface area contributed by atoms with Gasteiger partial charge in [0.05, 0.1) is 6.20 Å². The van der Waals surface area contributed by atoms with Crippen LogP contribution in [-0.4, -0.2) is 16.0 Å². The van der Waals surface area contributed by atoms with Crippen molar-refractivity contribution in [3.8, 4) is 0 Å². The molecule has 2 rings (SSSR count). The maximum Gasteiger partial charge on any atom is 0.152 e. The van der Waals surface area contributed by atoms with Crippen molar-refractivity contribution in [2.45, 2.75) is 19.9 Å². The summed E-state index contributed by atoms with van der Waals surface area (Å²) in [7, 11) is 0. The number of aliphatic imine (C=N–C) groups is 1. The van der Waals surface area contributed by atoms with Crippen LogP contribution in [0.5, 0.6) is 0 Å². The Morgan fingerprint density at radius 3 is 3.30 bits per heavy atom. The topological polar surface area (TPSA) is 30.2 Å². The molecule has 3 heteroatoms. The second-order valence-electron chi connectivity index (χ2n) is 2.47. The van der Waals surface area contributed by atoms with Crippen LogP contribution in [0.4, 0.5) is 5.82 Å². The van der Waals surface area contributed by atoms with Gasteiger partial charge < -0.3 is 0 Å². The molecule has 0 N–H and O–H groups in total. The molecule has 10 heavy (non-hydrogen) atoms. The largest absolute Gasteiger partial charge is 0.247 e. The third-order valence-corrected chi connectivity index (χ3v) is 1.67. The fourth-order valence-corrected chi connectivity index (χ4v) is 1.14.